The van der Waals surface area contributed by atoms with Gasteiger partial charge < -0.3 is 24.8 Å². The third-order valence-corrected chi connectivity index (χ3v) is 8.08. The van der Waals surface area contributed by atoms with Crippen molar-refractivity contribution in [1.29, 1.82) is 0 Å². The minimum Gasteiger partial charge on any atom is -1.00 e. The molecule has 1 radical (unpaired) electrons. The van der Waals surface area contributed by atoms with Crippen LogP contribution in [0, 0.1) is 13.8 Å². The molecule has 0 aliphatic carbocycles. The first-order valence-corrected chi connectivity index (χ1v) is 18.5. The summed E-state index contributed by atoms with van der Waals surface area (Å²) in [6.07, 6.45) is 7.46. The van der Waals surface area contributed by atoms with E-state index in [0.29, 0.717) is 0 Å². The van der Waals surface area contributed by atoms with Crippen molar-refractivity contribution in [2.24, 2.45) is 0 Å². The number of unbranched alkanes of at least 4 members (excludes halogenated alkanes) is 2. The third kappa shape index (κ3) is 11.5. The molecule has 0 aromatic heterocycles. The summed E-state index contributed by atoms with van der Waals surface area (Å²) in [7, 11) is 0.750. The first kappa shape index (κ1) is 41.8. The van der Waals surface area contributed by atoms with Crippen LogP contribution < -0.4 is 24.8 Å². The van der Waals surface area contributed by atoms with Crippen molar-refractivity contribution in [3.8, 4) is 22.3 Å². The van der Waals surface area contributed by atoms with Gasteiger partial charge in [0.1, 0.15) is 0 Å². The zero-order chi connectivity index (χ0) is 30.6. The monoisotopic (exact) mass is 741 g/mol. The van der Waals surface area contributed by atoms with Gasteiger partial charge in [-0.1, -0.05) is 135 Å². The zero-order valence-corrected chi connectivity index (χ0v) is 33.6. The molecule has 0 saturated carbocycles. The molecule has 0 aliphatic rings. The molecular formula is C42H49Cl2SiZr. The summed E-state index contributed by atoms with van der Waals surface area (Å²) in [6.45, 7) is 13.4. The molecule has 0 bridgehead atoms. The average Bonchev–Trinajstić information content (AvgIpc) is 3.64. The van der Waals surface area contributed by atoms with Crippen molar-refractivity contribution in [2.75, 3.05) is 0 Å². The van der Waals surface area contributed by atoms with E-state index >= 15 is 0 Å². The second-order valence-corrected chi connectivity index (χ2v) is 13.0. The maximum absolute atomic E-state index is 2.35. The van der Waals surface area contributed by atoms with Crippen molar-refractivity contribution in [1.82, 2.24) is 0 Å². The SMILES string of the molecule is CCCCc1ccc(-c2cc3ccccc3[cH-]2)c(C)c1.CCCCc1ccc(-c2cc3ccccc3[cH-]2)c(C)c1.C[SiH]C.[Cl-].[Cl-].[Zr+4]. The van der Waals surface area contributed by atoms with Crippen molar-refractivity contribution in [3.05, 3.63) is 131 Å². The summed E-state index contributed by atoms with van der Waals surface area (Å²) < 4.78 is 0. The second-order valence-electron chi connectivity index (χ2n) is 11.8. The Balaban J connectivity index is 0.000000400. The number of hydrogen-bond donors (Lipinski definition) is 0. The van der Waals surface area contributed by atoms with Gasteiger partial charge in [0.05, 0.1) is 0 Å². The Kier molecular flexibility index (Phi) is 19.6. The van der Waals surface area contributed by atoms with E-state index in [4.69, 9.17) is 0 Å². The van der Waals surface area contributed by atoms with E-state index in [1.54, 1.807) is 0 Å². The summed E-state index contributed by atoms with van der Waals surface area (Å²) in [4.78, 5) is 0. The van der Waals surface area contributed by atoms with Crippen LogP contribution in [0.2, 0.25) is 13.1 Å². The average molecular weight is 744 g/mol. The van der Waals surface area contributed by atoms with Crippen LogP contribution in [-0.4, -0.2) is 9.52 Å². The molecule has 239 valence electrons. The Bertz CT molecular complexity index is 1540. The van der Waals surface area contributed by atoms with Gasteiger partial charge in [-0.3, -0.25) is 0 Å². The molecule has 6 aromatic rings. The van der Waals surface area contributed by atoms with Crippen molar-refractivity contribution in [2.45, 2.75) is 79.3 Å². The summed E-state index contributed by atoms with van der Waals surface area (Å²) >= 11 is 0. The van der Waals surface area contributed by atoms with Gasteiger partial charge in [0.2, 0.25) is 0 Å². The number of aryl methyl sites for hydroxylation is 4. The minimum atomic E-state index is 0. The van der Waals surface area contributed by atoms with Crippen LogP contribution in [0.3, 0.4) is 0 Å². The fourth-order valence-electron chi connectivity index (χ4n) is 5.78. The smallest absolute Gasteiger partial charge is 1.00 e. The van der Waals surface area contributed by atoms with E-state index in [1.807, 2.05) is 0 Å². The number of benzene rings is 4. The largest absolute Gasteiger partial charge is 4.00 e. The zero-order valence-electron chi connectivity index (χ0n) is 28.5. The summed E-state index contributed by atoms with van der Waals surface area (Å²) in [6, 6.07) is 40.2. The first-order chi connectivity index (χ1) is 21.0. The molecule has 46 heavy (non-hydrogen) atoms. The molecule has 0 amide bonds. The van der Waals surface area contributed by atoms with Gasteiger partial charge in [0, 0.05) is 9.52 Å². The van der Waals surface area contributed by atoms with Gasteiger partial charge in [-0.2, -0.15) is 0 Å². The summed E-state index contributed by atoms with van der Waals surface area (Å²) in [5, 5.41) is 5.32. The molecule has 0 heterocycles. The van der Waals surface area contributed by atoms with Crippen molar-refractivity contribution < 1.29 is 51.0 Å². The number of hydrogen-bond acceptors (Lipinski definition) is 0. The molecule has 4 heteroatoms. The van der Waals surface area contributed by atoms with Gasteiger partial charge >= 0.3 is 26.2 Å². The van der Waals surface area contributed by atoms with E-state index < -0.39 is 0 Å². The van der Waals surface area contributed by atoms with E-state index in [-0.39, 0.29) is 51.0 Å². The van der Waals surface area contributed by atoms with Crippen LogP contribution in [0.5, 0.6) is 0 Å². The second kappa shape index (κ2) is 21.6. The van der Waals surface area contributed by atoms with Crippen molar-refractivity contribution in [3.63, 3.8) is 0 Å². The predicted octanol–water partition coefficient (Wildman–Crippen LogP) is 6.28. The molecular weight excluding hydrogens is 695 g/mol. The number of halogens is 2. The molecule has 0 aliphatic heterocycles. The Morgan fingerprint density at radius 2 is 0.913 bits per heavy atom. The van der Waals surface area contributed by atoms with Gasteiger partial charge in [0.15, 0.2) is 0 Å². The van der Waals surface area contributed by atoms with Gasteiger partial charge in [-0.25, -0.2) is 0 Å². The quantitative estimate of drug-likeness (QED) is 0.127. The van der Waals surface area contributed by atoms with Gasteiger partial charge in [-0.15, -0.1) is 69.1 Å². The molecule has 0 spiro atoms. The summed E-state index contributed by atoms with van der Waals surface area (Å²) in [5.74, 6) is 0. The van der Waals surface area contributed by atoms with Crippen LogP contribution in [-0.2, 0) is 39.0 Å². The van der Waals surface area contributed by atoms with Crippen LogP contribution in [0.15, 0.2) is 109 Å². The molecule has 6 aromatic carbocycles. The fourth-order valence-corrected chi connectivity index (χ4v) is 5.78. The Morgan fingerprint density at radius 1 is 0.543 bits per heavy atom. The van der Waals surface area contributed by atoms with E-state index in [2.05, 4.69) is 150 Å². The van der Waals surface area contributed by atoms with Crippen LogP contribution in [0.4, 0.5) is 0 Å². The normalized spacial score (nSPS) is 10.0. The summed E-state index contributed by atoms with van der Waals surface area (Å²) in [5.41, 5.74) is 11.1. The van der Waals surface area contributed by atoms with E-state index in [1.165, 1.54) is 105 Å². The molecule has 0 fully saturated rings. The van der Waals surface area contributed by atoms with Crippen LogP contribution in [0.25, 0.3) is 43.8 Å². The molecule has 0 saturated heterocycles. The topological polar surface area (TPSA) is 0 Å². The first-order valence-electron chi connectivity index (χ1n) is 16.2. The number of fused-ring (bicyclic) bond motifs is 2. The third-order valence-electron chi connectivity index (χ3n) is 8.08. The van der Waals surface area contributed by atoms with Gasteiger partial charge in [0.25, 0.3) is 0 Å². The molecule has 6 rings (SSSR count). The maximum atomic E-state index is 2.35. The molecule has 0 nitrogen and oxygen atoms in total. The Hall–Kier alpha value is -2.22. The minimum absolute atomic E-state index is 0. The number of rotatable bonds is 8. The fraction of sp³-hybridized carbons (Fsp3) is 0.286. The maximum Gasteiger partial charge on any atom is 4.00 e. The molecule has 0 atom stereocenters. The van der Waals surface area contributed by atoms with Crippen LogP contribution >= 0.6 is 0 Å². The standard InChI is InChI=1S/2C20H21.C2H7Si.2ClH.Zr/c2*1-3-4-7-16-10-11-20(15(2)12-16)19-13-17-8-5-6-9-18(17)14-19;1-3-2;;;/h2*5-6,8-14H,3-4,7H2,1-2H3;3H,1-2H3;2*1H;/q2*-1;;;;+4/p-2. The van der Waals surface area contributed by atoms with Crippen molar-refractivity contribution >= 4 is 31.1 Å². The van der Waals surface area contributed by atoms with E-state index in [9.17, 15) is 0 Å². The Labute approximate surface area is 312 Å². The predicted molar refractivity (Wildman–Crippen MR) is 196 cm³/mol. The Morgan fingerprint density at radius 3 is 1.24 bits per heavy atom. The molecule has 0 N–H and O–H groups in total. The van der Waals surface area contributed by atoms with Crippen LogP contribution in [0.1, 0.15) is 61.8 Å². The van der Waals surface area contributed by atoms with E-state index in [0.717, 1.165) is 9.52 Å². The molecule has 0 unspecified atom stereocenters. The van der Waals surface area contributed by atoms with Gasteiger partial charge in [-0.05, 0) is 50.7 Å².